The molecule has 0 spiro atoms. The van der Waals surface area contributed by atoms with E-state index in [1.807, 2.05) is 4.73 Å². The number of unbranched alkanes of at least 4 members (excludes halogenated alkanes) is 4. The van der Waals surface area contributed by atoms with Crippen molar-refractivity contribution in [1.82, 2.24) is 0 Å². The third-order valence-corrected chi connectivity index (χ3v) is 4.21. The van der Waals surface area contributed by atoms with Crippen molar-refractivity contribution in [3.05, 3.63) is 0 Å². The number of hydrogen-bond acceptors (Lipinski definition) is 3. The summed E-state index contributed by atoms with van der Waals surface area (Å²) in [4.78, 5) is 16.2. The summed E-state index contributed by atoms with van der Waals surface area (Å²) in [6.07, 6.45) is 11.1. The summed E-state index contributed by atoms with van der Waals surface area (Å²) >= 11 is 0. The summed E-state index contributed by atoms with van der Waals surface area (Å²) < 4.78 is 22.6. The van der Waals surface area contributed by atoms with Gasteiger partial charge in [0, 0.05) is 0 Å². The van der Waals surface area contributed by atoms with E-state index in [9.17, 15) is 4.53 Å². The standard InChI is InChI=1S/C16H36N.FH2O4P/c1-5-9-13-17(14-10-6-2,15-11-7-3)16-12-8-4;1-5-6(2,3)4/h5-16H2,1-4H3;(H2,2,3,4)/q+1;/p-1. The maximum atomic E-state index is 10.2. The molecule has 0 saturated carbocycles. The lowest BCUT2D eigenvalue weighted by atomic mass is 10.1. The summed E-state index contributed by atoms with van der Waals surface area (Å²) in [5, 5.41) is 0. The molecule has 142 valence electrons. The zero-order valence-corrected chi connectivity index (χ0v) is 16.3. The zero-order chi connectivity index (χ0) is 18.2. The Labute approximate surface area is 142 Å². The van der Waals surface area contributed by atoms with Crippen molar-refractivity contribution in [2.75, 3.05) is 26.2 Å². The van der Waals surface area contributed by atoms with Crippen LogP contribution in [0.1, 0.15) is 79.1 Å². The Morgan fingerprint density at radius 2 is 1.09 bits per heavy atom. The zero-order valence-electron chi connectivity index (χ0n) is 15.4. The Morgan fingerprint density at radius 3 is 1.22 bits per heavy atom. The molecule has 0 aromatic carbocycles. The van der Waals surface area contributed by atoms with Gasteiger partial charge in [-0.15, -0.1) is 4.73 Å². The van der Waals surface area contributed by atoms with E-state index in [0.29, 0.717) is 0 Å². The van der Waals surface area contributed by atoms with Gasteiger partial charge in [-0.05, 0) is 30.2 Å². The molecule has 7 heteroatoms. The number of rotatable bonds is 13. The van der Waals surface area contributed by atoms with E-state index in [4.69, 9.17) is 14.4 Å². The fourth-order valence-corrected chi connectivity index (χ4v) is 2.64. The lowest BCUT2D eigenvalue weighted by Gasteiger charge is -2.39. The van der Waals surface area contributed by atoms with Crippen LogP contribution in [0.15, 0.2) is 0 Å². The van der Waals surface area contributed by atoms with Crippen LogP contribution in [0.4, 0.5) is 4.53 Å². The van der Waals surface area contributed by atoms with Crippen LogP contribution in [-0.4, -0.2) is 35.6 Å². The third-order valence-electron chi connectivity index (χ3n) is 4.03. The minimum Gasteiger partial charge on any atom is -0.754 e. The molecular weight excluding hydrogens is 320 g/mol. The van der Waals surface area contributed by atoms with Crippen molar-refractivity contribution in [2.24, 2.45) is 0 Å². The average Bonchev–Trinajstić information content (AvgIpc) is 2.53. The van der Waals surface area contributed by atoms with Gasteiger partial charge in [0.1, 0.15) is 0 Å². The fourth-order valence-electron chi connectivity index (χ4n) is 2.64. The average molecular weight is 357 g/mol. The van der Waals surface area contributed by atoms with Crippen molar-refractivity contribution in [1.29, 1.82) is 0 Å². The Bertz CT molecular complexity index is 262. The molecule has 0 amide bonds. The normalized spacial score (nSPS) is 14.0. The van der Waals surface area contributed by atoms with E-state index < -0.39 is 7.82 Å². The van der Waals surface area contributed by atoms with Gasteiger partial charge in [-0.1, -0.05) is 53.4 Å². The molecule has 23 heavy (non-hydrogen) atoms. The molecule has 0 saturated heterocycles. The molecule has 0 fully saturated rings. The molecule has 0 aliphatic heterocycles. The van der Waals surface area contributed by atoms with E-state index in [-0.39, 0.29) is 0 Å². The highest BCUT2D eigenvalue weighted by molar-refractivity contribution is 7.44. The van der Waals surface area contributed by atoms with E-state index in [2.05, 4.69) is 27.7 Å². The highest BCUT2D eigenvalue weighted by Crippen LogP contribution is 2.29. The number of nitrogens with zero attached hydrogens (tertiary/aromatic N) is 1. The van der Waals surface area contributed by atoms with Crippen LogP contribution in [0.3, 0.4) is 0 Å². The molecule has 0 radical (unpaired) electrons. The highest BCUT2D eigenvalue weighted by atomic mass is 31.2. The second-order valence-corrected chi connectivity index (χ2v) is 7.26. The molecule has 1 atom stereocenters. The number of halogens is 1. The third kappa shape index (κ3) is 16.6. The smallest absolute Gasteiger partial charge is 0.301 e. The number of hydrogen-bond donors (Lipinski definition) is 1. The first-order valence-corrected chi connectivity index (χ1v) is 10.5. The first-order chi connectivity index (χ1) is 10.8. The highest BCUT2D eigenvalue weighted by Gasteiger charge is 2.24. The summed E-state index contributed by atoms with van der Waals surface area (Å²) in [6.45, 7) is 15.0. The van der Waals surface area contributed by atoms with Crippen molar-refractivity contribution in [3.63, 3.8) is 0 Å². The minimum atomic E-state index is -5.06. The monoisotopic (exact) mass is 357 g/mol. The second-order valence-electron chi connectivity index (χ2n) is 6.19. The van der Waals surface area contributed by atoms with Crippen LogP contribution in [0, 0.1) is 0 Å². The quantitative estimate of drug-likeness (QED) is 0.393. The predicted octanol–water partition coefficient (Wildman–Crippen LogP) is 4.35. The van der Waals surface area contributed by atoms with Gasteiger partial charge >= 0.3 is 7.82 Å². The lowest BCUT2D eigenvalue weighted by Crippen LogP contribution is -2.50. The molecule has 0 aromatic heterocycles. The van der Waals surface area contributed by atoms with Crippen LogP contribution in [-0.2, 0) is 9.29 Å². The molecule has 0 aromatic rings. The van der Waals surface area contributed by atoms with Gasteiger partial charge in [-0.3, -0.25) is 4.57 Å². The van der Waals surface area contributed by atoms with Crippen LogP contribution in [0.5, 0.6) is 0 Å². The molecule has 0 aliphatic rings. The Hall–Kier alpha value is -0.0000000000000000555. The van der Waals surface area contributed by atoms with Crippen molar-refractivity contribution in [3.8, 4) is 0 Å². The maximum Gasteiger partial charge on any atom is 0.301 e. The van der Waals surface area contributed by atoms with Crippen LogP contribution < -0.4 is 4.89 Å². The van der Waals surface area contributed by atoms with Gasteiger partial charge in [-0.2, -0.15) is 0 Å². The number of quaternary nitrogens is 1. The maximum absolute atomic E-state index is 10.2. The summed E-state index contributed by atoms with van der Waals surface area (Å²) in [6, 6.07) is 0. The SMILES string of the molecule is CCCC[N+](CCCC)(CCCC)CCCC.O=P([O-])(O)OF. The van der Waals surface area contributed by atoms with Gasteiger partial charge in [0.25, 0.3) is 0 Å². The first kappa shape index (κ1) is 25.2. The fraction of sp³-hybridized carbons (Fsp3) is 1.00. The van der Waals surface area contributed by atoms with Crippen molar-refractivity contribution < 1.29 is 28.1 Å². The predicted molar refractivity (Wildman–Crippen MR) is 91.4 cm³/mol. The van der Waals surface area contributed by atoms with E-state index in [1.54, 1.807) is 0 Å². The van der Waals surface area contributed by atoms with Crippen LogP contribution in [0.25, 0.3) is 0 Å². The summed E-state index contributed by atoms with van der Waals surface area (Å²) in [7, 11) is -5.06. The van der Waals surface area contributed by atoms with E-state index >= 15 is 0 Å². The molecule has 5 nitrogen and oxygen atoms in total. The van der Waals surface area contributed by atoms with Crippen molar-refractivity contribution >= 4 is 7.82 Å². The van der Waals surface area contributed by atoms with Crippen molar-refractivity contribution in [2.45, 2.75) is 79.1 Å². The van der Waals surface area contributed by atoms with Gasteiger partial charge in [0.05, 0.1) is 26.2 Å². The van der Waals surface area contributed by atoms with Crippen LogP contribution in [0.2, 0.25) is 0 Å². The van der Waals surface area contributed by atoms with Gasteiger partial charge in [0.15, 0.2) is 0 Å². The Morgan fingerprint density at radius 1 is 0.870 bits per heavy atom. The molecule has 0 bridgehead atoms. The number of phosphoric acid groups is 1. The molecule has 1 N–H and O–H groups in total. The minimum absolute atomic E-state index is 1.35. The van der Waals surface area contributed by atoms with E-state index in [0.717, 1.165) is 0 Å². The lowest BCUT2D eigenvalue weighted by molar-refractivity contribution is -0.929. The molecular formula is C16H37FNO4P. The Kier molecular flexibility index (Phi) is 17.0. The molecule has 0 aliphatic carbocycles. The second kappa shape index (κ2) is 15.5. The molecule has 1 unspecified atom stereocenters. The topological polar surface area (TPSA) is 69.6 Å². The molecule has 0 heterocycles. The van der Waals surface area contributed by atoms with Gasteiger partial charge in [-0.25, -0.2) is 0 Å². The first-order valence-electron chi connectivity index (χ1n) is 9.00. The Balaban J connectivity index is 0. The van der Waals surface area contributed by atoms with Gasteiger partial charge in [0.2, 0.25) is 0 Å². The summed E-state index contributed by atoms with van der Waals surface area (Å²) in [5.74, 6) is 0. The van der Waals surface area contributed by atoms with Crippen LogP contribution >= 0.6 is 7.82 Å². The largest absolute Gasteiger partial charge is 0.754 e. The van der Waals surface area contributed by atoms with Gasteiger partial charge < -0.3 is 14.3 Å². The molecule has 0 rings (SSSR count). The van der Waals surface area contributed by atoms with E-state index in [1.165, 1.54) is 82.0 Å². The summed E-state index contributed by atoms with van der Waals surface area (Å²) in [5.41, 5.74) is 0.